The Labute approximate surface area is 109 Å². The molecular formula is C14H23N3O. The summed E-state index contributed by atoms with van der Waals surface area (Å²) in [5.41, 5.74) is 1.19. The molecule has 100 valence electrons. The average Bonchev–Trinajstić information content (AvgIpc) is 2.41. The minimum atomic E-state index is 0.316. The smallest absolute Gasteiger partial charge is 0.125 e. The van der Waals surface area contributed by atoms with Gasteiger partial charge in [0.25, 0.3) is 0 Å². The fraction of sp³-hybridized carbons (Fsp3) is 0.714. The van der Waals surface area contributed by atoms with Crippen molar-refractivity contribution < 1.29 is 5.11 Å². The van der Waals surface area contributed by atoms with Gasteiger partial charge in [0.2, 0.25) is 0 Å². The van der Waals surface area contributed by atoms with Gasteiger partial charge >= 0.3 is 0 Å². The molecule has 1 aromatic rings. The summed E-state index contributed by atoms with van der Waals surface area (Å²) in [6.07, 6.45) is 6.22. The molecule has 18 heavy (non-hydrogen) atoms. The first-order valence-electron chi connectivity index (χ1n) is 6.79. The van der Waals surface area contributed by atoms with Gasteiger partial charge in [-0.15, -0.1) is 0 Å². The molecule has 0 bridgehead atoms. The van der Waals surface area contributed by atoms with E-state index < -0.39 is 0 Å². The van der Waals surface area contributed by atoms with Crippen molar-refractivity contribution >= 4 is 0 Å². The van der Waals surface area contributed by atoms with Gasteiger partial charge in [-0.1, -0.05) is 6.92 Å². The maximum absolute atomic E-state index is 9.18. The number of aliphatic hydroxyl groups excluding tert-OH is 1. The van der Waals surface area contributed by atoms with Crippen LogP contribution in [0.2, 0.25) is 0 Å². The number of likely N-dealkylation sites (tertiary alicyclic amines) is 1. The molecule has 1 aliphatic heterocycles. The third kappa shape index (κ3) is 3.50. The van der Waals surface area contributed by atoms with Gasteiger partial charge in [0.1, 0.15) is 5.82 Å². The van der Waals surface area contributed by atoms with E-state index in [9.17, 15) is 5.11 Å². The third-order valence-electron chi connectivity index (χ3n) is 3.97. The van der Waals surface area contributed by atoms with E-state index in [0.717, 1.165) is 25.5 Å². The van der Waals surface area contributed by atoms with Crippen molar-refractivity contribution in [1.29, 1.82) is 0 Å². The zero-order chi connectivity index (χ0) is 13.0. The number of nitrogens with zero attached hydrogens (tertiary/aromatic N) is 3. The van der Waals surface area contributed by atoms with E-state index in [2.05, 4.69) is 21.8 Å². The first kappa shape index (κ1) is 13.4. The van der Waals surface area contributed by atoms with E-state index >= 15 is 0 Å². The van der Waals surface area contributed by atoms with Crippen LogP contribution in [0.15, 0.2) is 12.4 Å². The summed E-state index contributed by atoms with van der Waals surface area (Å²) in [6.45, 7) is 7.54. The van der Waals surface area contributed by atoms with Gasteiger partial charge in [0.05, 0.1) is 0 Å². The summed E-state index contributed by atoms with van der Waals surface area (Å²) in [5.74, 6) is 1.95. The second-order valence-corrected chi connectivity index (χ2v) is 5.41. The van der Waals surface area contributed by atoms with Crippen molar-refractivity contribution in [1.82, 2.24) is 14.9 Å². The Bertz CT molecular complexity index is 358. The maximum Gasteiger partial charge on any atom is 0.125 e. The number of aromatic nitrogens is 2. The van der Waals surface area contributed by atoms with Crippen LogP contribution in [0.1, 0.15) is 31.2 Å². The van der Waals surface area contributed by atoms with Crippen LogP contribution < -0.4 is 0 Å². The molecule has 4 nitrogen and oxygen atoms in total. The molecule has 1 aliphatic rings. The van der Waals surface area contributed by atoms with Crippen molar-refractivity contribution in [3.05, 3.63) is 23.8 Å². The molecule has 0 aromatic carbocycles. The van der Waals surface area contributed by atoms with Gasteiger partial charge < -0.3 is 5.11 Å². The molecule has 0 unspecified atom stereocenters. The lowest BCUT2D eigenvalue weighted by atomic mass is 9.86. The van der Waals surface area contributed by atoms with Crippen LogP contribution in [0.5, 0.6) is 0 Å². The molecule has 4 heteroatoms. The van der Waals surface area contributed by atoms with Crippen molar-refractivity contribution in [2.24, 2.45) is 11.8 Å². The maximum atomic E-state index is 9.18. The molecule has 2 rings (SSSR count). The molecule has 1 fully saturated rings. The minimum absolute atomic E-state index is 0.316. The second kappa shape index (κ2) is 6.25. The van der Waals surface area contributed by atoms with E-state index in [1.807, 2.05) is 19.3 Å². The summed E-state index contributed by atoms with van der Waals surface area (Å²) in [4.78, 5) is 10.9. The van der Waals surface area contributed by atoms with Crippen molar-refractivity contribution in [3.63, 3.8) is 0 Å². The van der Waals surface area contributed by atoms with Gasteiger partial charge in [-0.25, -0.2) is 9.97 Å². The summed E-state index contributed by atoms with van der Waals surface area (Å²) >= 11 is 0. The lowest BCUT2D eigenvalue weighted by Gasteiger charge is -2.34. The summed E-state index contributed by atoms with van der Waals surface area (Å²) in [6, 6.07) is 0. The normalized spacial score (nSPS) is 19.9. The number of aliphatic hydroxyl groups is 1. The summed E-state index contributed by atoms with van der Waals surface area (Å²) < 4.78 is 0. The Morgan fingerprint density at radius 1 is 1.33 bits per heavy atom. The quantitative estimate of drug-likeness (QED) is 0.881. The molecule has 0 spiro atoms. The van der Waals surface area contributed by atoms with E-state index in [4.69, 9.17) is 0 Å². The van der Waals surface area contributed by atoms with Crippen LogP contribution in [0.25, 0.3) is 0 Å². The monoisotopic (exact) mass is 249 g/mol. The number of piperidine rings is 1. The Kier molecular flexibility index (Phi) is 4.66. The van der Waals surface area contributed by atoms with Crippen LogP contribution in [-0.4, -0.2) is 39.7 Å². The molecule has 0 amide bonds. The number of hydrogen-bond acceptors (Lipinski definition) is 4. The zero-order valence-electron chi connectivity index (χ0n) is 11.3. The first-order chi connectivity index (χ1) is 8.69. The van der Waals surface area contributed by atoms with Crippen molar-refractivity contribution in [3.8, 4) is 0 Å². The molecular weight excluding hydrogens is 226 g/mol. The van der Waals surface area contributed by atoms with Crippen LogP contribution in [-0.2, 0) is 6.54 Å². The van der Waals surface area contributed by atoms with E-state index in [-0.39, 0.29) is 0 Å². The molecule has 0 saturated carbocycles. The lowest BCUT2D eigenvalue weighted by Crippen LogP contribution is -2.35. The highest BCUT2D eigenvalue weighted by atomic mass is 16.3. The molecule has 0 aliphatic carbocycles. The predicted molar refractivity (Wildman–Crippen MR) is 71.0 cm³/mol. The standard InChI is InChI=1S/C14H23N3O/c1-11(10-18)14-3-5-17(6-4-14)9-13-7-15-12(2)16-8-13/h7-8,11,14,18H,3-6,9-10H2,1-2H3/t11-/m1/s1. The highest BCUT2D eigenvalue weighted by molar-refractivity contribution is 5.04. The largest absolute Gasteiger partial charge is 0.396 e. The Morgan fingerprint density at radius 3 is 2.50 bits per heavy atom. The Hall–Kier alpha value is -1.00. The van der Waals surface area contributed by atoms with Gasteiger partial charge in [-0.3, -0.25) is 4.90 Å². The number of hydrogen-bond donors (Lipinski definition) is 1. The average molecular weight is 249 g/mol. The Balaban J connectivity index is 1.81. The minimum Gasteiger partial charge on any atom is -0.396 e. The highest BCUT2D eigenvalue weighted by Gasteiger charge is 2.23. The molecule has 1 aromatic heterocycles. The summed E-state index contributed by atoms with van der Waals surface area (Å²) in [5, 5.41) is 9.18. The topological polar surface area (TPSA) is 49.2 Å². The Morgan fingerprint density at radius 2 is 1.94 bits per heavy atom. The summed E-state index contributed by atoms with van der Waals surface area (Å²) in [7, 11) is 0. The van der Waals surface area contributed by atoms with Gasteiger partial charge in [-0.05, 0) is 44.7 Å². The van der Waals surface area contributed by atoms with Gasteiger partial charge in [0, 0.05) is 31.1 Å². The van der Waals surface area contributed by atoms with Crippen LogP contribution >= 0.6 is 0 Å². The van der Waals surface area contributed by atoms with E-state index in [0.29, 0.717) is 18.4 Å². The number of aryl methyl sites for hydroxylation is 1. The lowest BCUT2D eigenvalue weighted by molar-refractivity contribution is 0.112. The van der Waals surface area contributed by atoms with Crippen molar-refractivity contribution in [2.45, 2.75) is 33.2 Å². The predicted octanol–water partition coefficient (Wildman–Crippen LogP) is 1.63. The fourth-order valence-corrected chi connectivity index (χ4v) is 2.59. The molecule has 2 heterocycles. The van der Waals surface area contributed by atoms with E-state index in [1.165, 1.54) is 18.4 Å². The van der Waals surface area contributed by atoms with Gasteiger partial charge in [0.15, 0.2) is 0 Å². The molecule has 1 saturated heterocycles. The van der Waals surface area contributed by atoms with Crippen LogP contribution in [0, 0.1) is 18.8 Å². The van der Waals surface area contributed by atoms with Crippen LogP contribution in [0.4, 0.5) is 0 Å². The fourth-order valence-electron chi connectivity index (χ4n) is 2.59. The van der Waals surface area contributed by atoms with Crippen LogP contribution in [0.3, 0.4) is 0 Å². The molecule has 0 radical (unpaired) electrons. The zero-order valence-corrected chi connectivity index (χ0v) is 11.3. The SMILES string of the molecule is Cc1ncc(CN2CCC([C@H](C)CO)CC2)cn1. The highest BCUT2D eigenvalue weighted by Crippen LogP contribution is 2.25. The second-order valence-electron chi connectivity index (χ2n) is 5.41. The molecule has 1 atom stereocenters. The first-order valence-corrected chi connectivity index (χ1v) is 6.79. The third-order valence-corrected chi connectivity index (χ3v) is 3.97. The molecule has 1 N–H and O–H groups in total. The van der Waals surface area contributed by atoms with Gasteiger partial charge in [-0.2, -0.15) is 0 Å². The van der Waals surface area contributed by atoms with Crippen molar-refractivity contribution in [2.75, 3.05) is 19.7 Å². The number of rotatable bonds is 4. The van der Waals surface area contributed by atoms with E-state index in [1.54, 1.807) is 0 Å².